The molecule has 1 aliphatic heterocycles. The minimum atomic E-state index is -0.548. The Morgan fingerprint density at radius 1 is 1.00 bits per heavy atom. The molecule has 25 heavy (non-hydrogen) atoms. The summed E-state index contributed by atoms with van der Waals surface area (Å²) in [6.45, 7) is 0. The predicted molar refractivity (Wildman–Crippen MR) is 88.8 cm³/mol. The van der Waals surface area contributed by atoms with Crippen LogP contribution in [0.25, 0.3) is 10.9 Å². The van der Waals surface area contributed by atoms with Crippen molar-refractivity contribution in [3.63, 3.8) is 0 Å². The summed E-state index contributed by atoms with van der Waals surface area (Å²) < 4.78 is 0. The van der Waals surface area contributed by atoms with Gasteiger partial charge in [-0.1, -0.05) is 36.4 Å². The summed E-state index contributed by atoms with van der Waals surface area (Å²) in [5.41, 5.74) is 3.33. The molecule has 0 unspecified atom stereocenters. The average molecular weight is 333 g/mol. The zero-order valence-electron chi connectivity index (χ0n) is 13.3. The Labute approximate surface area is 143 Å². The number of amides is 3. The monoisotopic (exact) mass is 333 g/mol. The number of carbonyl (C=O) groups is 3. The number of para-hydroxylation sites is 1. The Morgan fingerprint density at radius 2 is 1.68 bits per heavy atom. The number of imide groups is 1. The Kier molecular flexibility index (Phi) is 2.86. The first-order valence-electron chi connectivity index (χ1n) is 8.36. The Balaban J connectivity index is 1.40. The van der Waals surface area contributed by atoms with E-state index in [4.69, 9.17) is 0 Å². The highest BCUT2D eigenvalue weighted by Crippen LogP contribution is 2.52. The fourth-order valence-electron chi connectivity index (χ4n) is 4.36. The first kappa shape index (κ1) is 14.3. The van der Waals surface area contributed by atoms with Crippen molar-refractivity contribution in [3.8, 4) is 0 Å². The number of benzene rings is 1. The van der Waals surface area contributed by atoms with Crippen molar-refractivity contribution in [3.05, 3.63) is 54.2 Å². The van der Waals surface area contributed by atoms with Gasteiger partial charge in [0.2, 0.25) is 0 Å². The van der Waals surface area contributed by atoms with Crippen molar-refractivity contribution in [2.75, 3.05) is 0 Å². The van der Waals surface area contributed by atoms with Gasteiger partial charge in [-0.3, -0.25) is 19.8 Å². The Morgan fingerprint density at radius 3 is 2.40 bits per heavy atom. The molecule has 1 aromatic heterocycles. The van der Waals surface area contributed by atoms with Gasteiger partial charge in [-0.15, -0.1) is 0 Å². The van der Waals surface area contributed by atoms with E-state index in [2.05, 4.69) is 10.4 Å². The van der Waals surface area contributed by atoms with Gasteiger partial charge in [0.15, 0.2) is 0 Å². The molecular weight excluding hydrogens is 318 g/mol. The molecule has 4 atom stereocenters. The number of nitrogens with zero attached hydrogens (tertiary/aromatic N) is 2. The van der Waals surface area contributed by atoms with E-state index in [1.807, 2.05) is 36.4 Å². The lowest BCUT2D eigenvalue weighted by Gasteiger charge is -2.17. The zero-order valence-corrected chi connectivity index (χ0v) is 13.3. The molecule has 1 aromatic carbocycles. The normalized spacial score (nSPS) is 29.5. The second-order valence-electron chi connectivity index (χ2n) is 6.84. The van der Waals surface area contributed by atoms with E-state index in [1.165, 1.54) is 0 Å². The fourth-order valence-corrected chi connectivity index (χ4v) is 4.36. The third-order valence-electron chi connectivity index (χ3n) is 5.51. The van der Waals surface area contributed by atoms with Crippen molar-refractivity contribution in [2.24, 2.45) is 23.7 Å². The largest absolute Gasteiger partial charge is 0.288 e. The Bertz CT molecular complexity index is 937. The summed E-state index contributed by atoms with van der Waals surface area (Å²) >= 11 is 0. The molecule has 3 amide bonds. The van der Waals surface area contributed by atoms with Crippen LogP contribution in [-0.4, -0.2) is 27.7 Å². The van der Waals surface area contributed by atoms with E-state index < -0.39 is 5.91 Å². The molecule has 2 aromatic rings. The summed E-state index contributed by atoms with van der Waals surface area (Å²) in [4.78, 5) is 42.0. The molecule has 0 radical (unpaired) electrons. The maximum absolute atomic E-state index is 12.6. The molecule has 124 valence electrons. The van der Waals surface area contributed by atoms with Crippen LogP contribution in [0, 0.1) is 23.7 Å². The van der Waals surface area contributed by atoms with Gasteiger partial charge in [-0.2, -0.15) is 5.01 Å². The van der Waals surface area contributed by atoms with E-state index in [9.17, 15) is 14.4 Å². The van der Waals surface area contributed by atoms with Crippen LogP contribution in [0.15, 0.2) is 48.6 Å². The van der Waals surface area contributed by atoms with Crippen molar-refractivity contribution < 1.29 is 14.4 Å². The van der Waals surface area contributed by atoms with E-state index in [0.29, 0.717) is 5.52 Å². The summed E-state index contributed by atoms with van der Waals surface area (Å²) in [5, 5.41) is 1.82. The van der Waals surface area contributed by atoms with Crippen molar-refractivity contribution >= 4 is 28.6 Å². The third kappa shape index (κ3) is 1.97. The number of hydrazine groups is 1. The topological polar surface area (TPSA) is 79.4 Å². The van der Waals surface area contributed by atoms with Crippen LogP contribution in [0.5, 0.6) is 0 Å². The summed E-state index contributed by atoms with van der Waals surface area (Å²) in [6.07, 6.45) is 4.90. The molecule has 2 aliphatic carbocycles. The van der Waals surface area contributed by atoms with Gasteiger partial charge in [-0.05, 0) is 30.4 Å². The van der Waals surface area contributed by atoms with Crippen molar-refractivity contribution in [1.29, 1.82) is 0 Å². The molecule has 1 saturated carbocycles. The third-order valence-corrected chi connectivity index (χ3v) is 5.51. The lowest BCUT2D eigenvalue weighted by atomic mass is 9.85. The maximum Gasteiger partial charge on any atom is 0.288 e. The first-order chi connectivity index (χ1) is 12.1. The molecule has 6 heteroatoms. The zero-order chi connectivity index (χ0) is 17.1. The summed E-state index contributed by atoms with van der Waals surface area (Å²) in [7, 11) is 0. The molecule has 2 heterocycles. The van der Waals surface area contributed by atoms with Gasteiger partial charge in [0.05, 0.1) is 17.4 Å². The fraction of sp³-hybridized carbons (Fsp3) is 0.263. The second-order valence-corrected chi connectivity index (χ2v) is 6.84. The van der Waals surface area contributed by atoms with E-state index in [-0.39, 0.29) is 41.2 Å². The second kappa shape index (κ2) is 4.99. The number of carbonyl (C=O) groups excluding carboxylic acids is 3. The molecule has 2 bridgehead atoms. The Hall–Kier alpha value is -3.02. The average Bonchev–Trinajstić information content (AvgIpc) is 3.31. The molecule has 6 nitrogen and oxygen atoms in total. The first-order valence-corrected chi connectivity index (χ1v) is 8.36. The van der Waals surface area contributed by atoms with Crippen LogP contribution in [0.3, 0.4) is 0 Å². The minimum Gasteiger partial charge on any atom is -0.272 e. The molecule has 5 rings (SSSR count). The number of hydrogen-bond acceptors (Lipinski definition) is 4. The number of pyridine rings is 1. The van der Waals surface area contributed by atoms with Crippen LogP contribution in [0.2, 0.25) is 0 Å². The highest BCUT2D eigenvalue weighted by atomic mass is 16.2. The molecule has 3 aliphatic rings. The van der Waals surface area contributed by atoms with Crippen LogP contribution in [-0.2, 0) is 9.59 Å². The lowest BCUT2D eigenvalue weighted by molar-refractivity contribution is -0.143. The quantitative estimate of drug-likeness (QED) is 0.670. The molecule has 2 fully saturated rings. The number of rotatable bonds is 2. The minimum absolute atomic E-state index is 0.118. The van der Waals surface area contributed by atoms with E-state index >= 15 is 0 Å². The van der Waals surface area contributed by atoms with Crippen LogP contribution in [0.1, 0.15) is 16.9 Å². The SMILES string of the molecule is O=C(NN1C(=O)[C@@H]2[C@@H](C1=O)[C@H]1C=C[C@@H]2C1)c1ccc2ccccc2n1. The van der Waals surface area contributed by atoms with Crippen LogP contribution in [0.4, 0.5) is 0 Å². The highest BCUT2D eigenvalue weighted by molar-refractivity contribution is 6.08. The molecular formula is C19H15N3O3. The smallest absolute Gasteiger partial charge is 0.272 e. The number of nitrogens with one attached hydrogen (secondary N) is 1. The van der Waals surface area contributed by atoms with Gasteiger partial charge in [0.1, 0.15) is 5.69 Å². The van der Waals surface area contributed by atoms with Gasteiger partial charge in [0, 0.05) is 5.39 Å². The highest BCUT2D eigenvalue weighted by Gasteiger charge is 2.59. The van der Waals surface area contributed by atoms with E-state index in [0.717, 1.165) is 16.8 Å². The van der Waals surface area contributed by atoms with Gasteiger partial charge >= 0.3 is 0 Å². The lowest BCUT2D eigenvalue weighted by Crippen LogP contribution is -2.47. The van der Waals surface area contributed by atoms with Crippen molar-refractivity contribution in [1.82, 2.24) is 15.4 Å². The van der Waals surface area contributed by atoms with E-state index in [1.54, 1.807) is 12.1 Å². The summed E-state index contributed by atoms with van der Waals surface area (Å²) in [6, 6.07) is 10.8. The van der Waals surface area contributed by atoms with Gasteiger partial charge in [0.25, 0.3) is 17.7 Å². The number of hydrogen-bond donors (Lipinski definition) is 1. The van der Waals surface area contributed by atoms with Gasteiger partial charge < -0.3 is 0 Å². The predicted octanol–water partition coefficient (Wildman–Crippen LogP) is 1.69. The molecule has 1 saturated heterocycles. The molecule has 0 spiro atoms. The van der Waals surface area contributed by atoms with Gasteiger partial charge in [-0.25, -0.2) is 4.98 Å². The molecule has 1 N–H and O–H groups in total. The standard InChI is InChI=1S/C19H15N3O3/c23-17(14-8-7-10-3-1-2-4-13(10)20-14)21-22-18(24)15-11-5-6-12(9-11)16(15)19(22)25/h1-8,11-12,15-16H,9H2,(H,21,23)/t11-,12+,15-,16-/m0/s1. The van der Waals surface area contributed by atoms with Crippen LogP contribution >= 0.6 is 0 Å². The van der Waals surface area contributed by atoms with Crippen molar-refractivity contribution in [2.45, 2.75) is 6.42 Å². The maximum atomic E-state index is 12.6. The summed E-state index contributed by atoms with van der Waals surface area (Å²) in [5.74, 6) is -1.58. The number of allylic oxidation sites excluding steroid dienone is 2. The number of fused-ring (bicyclic) bond motifs is 6. The number of aromatic nitrogens is 1. The van der Waals surface area contributed by atoms with Crippen LogP contribution < -0.4 is 5.43 Å².